The minimum absolute atomic E-state index is 0.0612. The Balaban J connectivity index is 1.95. The van der Waals surface area contributed by atoms with E-state index in [1.54, 1.807) is 35.1 Å². The molecule has 134 valence electrons. The maximum Gasteiger partial charge on any atom is 0.280 e. The van der Waals surface area contributed by atoms with E-state index in [4.69, 9.17) is 16.3 Å². The van der Waals surface area contributed by atoms with Crippen LogP contribution in [-0.4, -0.2) is 55.7 Å². The number of amides is 1. The van der Waals surface area contributed by atoms with Crippen LogP contribution in [0.5, 0.6) is 0 Å². The van der Waals surface area contributed by atoms with E-state index in [0.717, 1.165) is 0 Å². The Kier molecular flexibility index (Phi) is 5.34. The maximum absolute atomic E-state index is 13.2. The van der Waals surface area contributed by atoms with Crippen LogP contribution in [0.1, 0.15) is 12.1 Å². The molecule has 1 aromatic carbocycles. The Bertz CT molecular complexity index is 788. The molecule has 0 aliphatic carbocycles. The molecule has 1 aromatic heterocycles. The van der Waals surface area contributed by atoms with Gasteiger partial charge in [-0.25, -0.2) is 13.8 Å². The van der Waals surface area contributed by atoms with Crippen molar-refractivity contribution < 1.29 is 18.3 Å². The summed E-state index contributed by atoms with van der Waals surface area (Å²) in [5, 5.41) is 1.15. The molecule has 0 radical (unpaired) electrons. The zero-order chi connectivity index (χ0) is 18.0. The van der Waals surface area contributed by atoms with Gasteiger partial charge in [-0.1, -0.05) is 11.6 Å². The minimum Gasteiger partial charge on any atom is -0.383 e. The van der Waals surface area contributed by atoms with E-state index in [0.29, 0.717) is 47.9 Å². The fraction of sp³-hybridized carbons (Fsp3) is 0.412. The van der Waals surface area contributed by atoms with Crippen molar-refractivity contribution in [1.29, 1.82) is 0 Å². The summed E-state index contributed by atoms with van der Waals surface area (Å²) in [4.78, 5) is 19.9. The predicted molar refractivity (Wildman–Crippen MR) is 92.4 cm³/mol. The first-order chi connectivity index (χ1) is 12.0. The predicted octanol–water partition coefficient (Wildman–Crippen LogP) is 3.12. The standard InChI is InChI=1S/C17H18ClF2N3O2/c1-25-7-6-22-4-5-23(10-16(22)24)15-9-14(17(19)20)21-13-3-2-11(18)8-12(13)15/h2-3,8-9,17H,4-7,10H2,1H3. The molecule has 8 heteroatoms. The third-order valence-electron chi connectivity index (χ3n) is 4.22. The number of hydrogen-bond acceptors (Lipinski definition) is 4. The molecule has 25 heavy (non-hydrogen) atoms. The summed E-state index contributed by atoms with van der Waals surface area (Å²) < 4.78 is 31.4. The van der Waals surface area contributed by atoms with Crippen LogP contribution in [-0.2, 0) is 9.53 Å². The normalized spacial score (nSPS) is 15.5. The molecule has 2 aromatic rings. The molecule has 5 nitrogen and oxygen atoms in total. The Labute approximate surface area is 149 Å². The van der Waals surface area contributed by atoms with Crippen molar-refractivity contribution in [2.75, 3.05) is 44.8 Å². The van der Waals surface area contributed by atoms with Gasteiger partial charge in [0.2, 0.25) is 5.91 Å². The van der Waals surface area contributed by atoms with Crippen molar-refractivity contribution in [2.24, 2.45) is 0 Å². The van der Waals surface area contributed by atoms with Gasteiger partial charge in [-0.15, -0.1) is 0 Å². The number of carbonyl (C=O) groups excluding carboxylic acids is 1. The topological polar surface area (TPSA) is 45.7 Å². The van der Waals surface area contributed by atoms with Crippen molar-refractivity contribution in [2.45, 2.75) is 6.43 Å². The second kappa shape index (κ2) is 7.49. The van der Waals surface area contributed by atoms with Gasteiger partial charge in [0.1, 0.15) is 5.69 Å². The van der Waals surface area contributed by atoms with Gasteiger partial charge in [-0.3, -0.25) is 4.79 Å². The number of anilines is 1. The number of ether oxygens (including phenoxy) is 1. The van der Waals surface area contributed by atoms with E-state index in [9.17, 15) is 13.6 Å². The van der Waals surface area contributed by atoms with Gasteiger partial charge < -0.3 is 14.5 Å². The third-order valence-corrected chi connectivity index (χ3v) is 4.45. The highest BCUT2D eigenvalue weighted by molar-refractivity contribution is 6.31. The zero-order valence-electron chi connectivity index (χ0n) is 13.7. The number of methoxy groups -OCH3 is 1. The van der Waals surface area contributed by atoms with Crippen LogP contribution >= 0.6 is 11.6 Å². The number of pyridine rings is 1. The smallest absolute Gasteiger partial charge is 0.280 e. The molecule has 1 aliphatic heterocycles. The zero-order valence-corrected chi connectivity index (χ0v) is 14.5. The van der Waals surface area contributed by atoms with Crippen molar-refractivity contribution >= 4 is 34.1 Å². The van der Waals surface area contributed by atoms with Gasteiger partial charge in [-0.05, 0) is 24.3 Å². The first kappa shape index (κ1) is 17.8. The first-order valence-corrected chi connectivity index (χ1v) is 8.27. The number of alkyl halides is 2. The summed E-state index contributed by atoms with van der Waals surface area (Å²) in [5.74, 6) is -0.0612. The van der Waals surface area contributed by atoms with E-state index >= 15 is 0 Å². The Morgan fingerprint density at radius 3 is 2.80 bits per heavy atom. The van der Waals surface area contributed by atoms with Gasteiger partial charge in [0, 0.05) is 42.8 Å². The van der Waals surface area contributed by atoms with Crippen molar-refractivity contribution in [3.8, 4) is 0 Å². The van der Waals surface area contributed by atoms with Gasteiger partial charge >= 0.3 is 0 Å². The number of rotatable bonds is 5. The number of nitrogens with zero attached hydrogens (tertiary/aromatic N) is 3. The SMILES string of the molecule is COCCN1CCN(c2cc(C(F)F)nc3ccc(Cl)cc23)CC1=O. The molecule has 0 bridgehead atoms. The molecule has 1 amide bonds. The number of halogens is 3. The molecule has 0 unspecified atom stereocenters. The van der Waals surface area contributed by atoms with Crippen molar-refractivity contribution in [3.05, 3.63) is 35.0 Å². The van der Waals surface area contributed by atoms with Gasteiger partial charge in [0.15, 0.2) is 0 Å². The number of piperazine rings is 1. The fourth-order valence-corrected chi connectivity index (χ4v) is 3.10. The van der Waals surface area contributed by atoms with Gasteiger partial charge in [-0.2, -0.15) is 0 Å². The monoisotopic (exact) mass is 369 g/mol. The summed E-state index contributed by atoms with van der Waals surface area (Å²) in [5.41, 5.74) is 0.688. The molecular formula is C17H18ClF2N3O2. The van der Waals surface area contributed by atoms with E-state index in [1.807, 2.05) is 0 Å². The average Bonchev–Trinajstić information content (AvgIpc) is 2.59. The Hall–Kier alpha value is -1.99. The van der Waals surface area contributed by atoms with E-state index in [-0.39, 0.29) is 18.1 Å². The number of hydrogen-bond donors (Lipinski definition) is 0. The average molecular weight is 370 g/mol. The second-order valence-corrected chi connectivity index (χ2v) is 6.26. The second-order valence-electron chi connectivity index (χ2n) is 5.82. The highest BCUT2D eigenvalue weighted by atomic mass is 35.5. The molecule has 1 fully saturated rings. The van der Waals surface area contributed by atoms with Crippen LogP contribution in [0.15, 0.2) is 24.3 Å². The lowest BCUT2D eigenvalue weighted by atomic mass is 10.1. The summed E-state index contributed by atoms with van der Waals surface area (Å²) in [6, 6.07) is 6.27. The van der Waals surface area contributed by atoms with Crippen molar-refractivity contribution in [3.63, 3.8) is 0 Å². The number of fused-ring (bicyclic) bond motifs is 1. The quantitative estimate of drug-likeness (QED) is 0.812. The van der Waals surface area contributed by atoms with Gasteiger partial charge in [0.25, 0.3) is 6.43 Å². The summed E-state index contributed by atoms with van der Waals surface area (Å²) in [7, 11) is 1.58. The molecule has 0 saturated carbocycles. The van der Waals surface area contributed by atoms with Gasteiger partial charge in [0.05, 0.1) is 18.7 Å². The number of benzene rings is 1. The highest BCUT2D eigenvalue weighted by Gasteiger charge is 2.26. The van der Waals surface area contributed by atoms with Crippen LogP contribution in [0.2, 0.25) is 5.02 Å². The van der Waals surface area contributed by atoms with Crippen LogP contribution in [0.3, 0.4) is 0 Å². The number of carbonyl (C=O) groups is 1. The van der Waals surface area contributed by atoms with Crippen LogP contribution < -0.4 is 4.90 Å². The molecule has 3 rings (SSSR count). The molecule has 2 heterocycles. The van der Waals surface area contributed by atoms with Crippen LogP contribution in [0, 0.1) is 0 Å². The molecular weight excluding hydrogens is 352 g/mol. The molecule has 1 saturated heterocycles. The summed E-state index contributed by atoms with van der Waals surface area (Å²) in [6.07, 6.45) is -2.68. The van der Waals surface area contributed by atoms with E-state index < -0.39 is 6.43 Å². The largest absolute Gasteiger partial charge is 0.383 e. The fourth-order valence-electron chi connectivity index (χ4n) is 2.93. The van der Waals surface area contributed by atoms with Crippen LogP contribution in [0.25, 0.3) is 10.9 Å². The first-order valence-electron chi connectivity index (χ1n) is 7.89. The molecule has 0 atom stereocenters. The highest BCUT2D eigenvalue weighted by Crippen LogP contribution is 2.32. The lowest BCUT2D eigenvalue weighted by molar-refractivity contribution is -0.131. The molecule has 1 aliphatic rings. The lowest BCUT2D eigenvalue weighted by Gasteiger charge is -2.36. The van der Waals surface area contributed by atoms with Crippen molar-refractivity contribution in [1.82, 2.24) is 9.88 Å². The van der Waals surface area contributed by atoms with Crippen LogP contribution in [0.4, 0.5) is 14.5 Å². The molecule has 0 spiro atoms. The summed E-state index contributed by atoms with van der Waals surface area (Å²) in [6.45, 7) is 2.17. The Morgan fingerprint density at radius 2 is 2.12 bits per heavy atom. The maximum atomic E-state index is 13.2. The minimum atomic E-state index is -2.68. The Morgan fingerprint density at radius 1 is 1.32 bits per heavy atom. The van der Waals surface area contributed by atoms with E-state index in [2.05, 4.69) is 4.98 Å². The molecule has 0 N–H and O–H groups in total. The lowest BCUT2D eigenvalue weighted by Crippen LogP contribution is -2.51. The third kappa shape index (κ3) is 3.82. The summed E-state index contributed by atoms with van der Waals surface area (Å²) >= 11 is 6.06. The van der Waals surface area contributed by atoms with E-state index in [1.165, 1.54) is 6.07 Å². The number of aromatic nitrogens is 1.